The quantitative estimate of drug-likeness (QED) is 0.480. The van der Waals surface area contributed by atoms with Crippen LogP contribution in [0.3, 0.4) is 0 Å². The predicted octanol–water partition coefficient (Wildman–Crippen LogP) is 2.71. The molecule has 0 spiro atoms. The Balaban J connectivity index is 1.46. The van der Waals surface area contributed by atoms with Gasteiger partial charge < -0.3 is 14.8 Å². The van der Waals surface area contributed by atoms with Crippen molar-refractivity contribution in [1.82, 2.24) is 14.2 Å². The number of esters is 1. The molecule has 2 aromatic carbocycles. The number of nitrogens with zero attached hydrogens (tertiary/aromatic N) is 3. The molecule has 0 atom stereocenters. The van der Waals surface area contributed by atoms with Crippen LogP contribution in [0.1, 0.15) is 21.5 Å². The van der Waals surface area contributed by atoms with E-state index in [2.05, 4.69) is 15.2 Å². The smallest absolute Gasteiger partial charge is 0.343 e. The topological polar surface area (TPSA) is 118 Å². The standard InChI is InChI=1S/C27H26N4O6S/c1-30-24(26(32)29-23-8-4-5-13-28-23)25(21-6-2-3-7-22(21)38(30,34)35)37-27(33)20-11-9-19(10-12-20)18-31-14-16-36-17-15-31/h2-13H,14-18H2,1H3,(H,28,29,32). The van der Waals surface area contributed by atoms with Crippen molar-refractivity contribution in [1.29, 1.82) is 0 Å². The fourth-order valence-electron chi connectivity index (χ4n) is 4.29. The zero-order valence-electron chi connectivity index (χ0n) is 20.7. The van der Waals surface area contributed by atoms with Crippen molar-refractivity contribution in [2.45, 2.75) is 11.4 Å². The lowest BCUT2D eigenvalue weighted by Gasteiger charge is -2.30. The van der Waals surface area contributed by atoms with E-state index in [0.29, 0.717) is 13.2 Å². The highest BCUT2D eigenvalue weighted by atomic mass is 32.2. The second-order valence-electron chi connectivity index (χ2n) is 8.79. The number of aromatic nitrogens is 1. The van der Waals surface area contributed by atoms with Gasteiger partial charge in [-0.25, -0.2) is 18.2 Å². The number of anilines is 1. The number of benzene rings is 2. The minimum absolute atomic E-state index is 0.0689. The normalized spacial score (nSPS) is 17.0. The summed E-state index contributed by atoms with van der Waals surface area (Å²) in [7, 11) is -2.83. The van der Waals surface area contributed by atoms with Crippen molar-refractivity contribution >= 4 is 33.5 Å². The summed E-state index contributed by atoms with van der Waals surface area (Å²) in [6, 6.07) is 18.0. The van der Waals surface area contributed by atoms with Gasteiger partial charge in [0.1, 0.15) is 5.82 Å². The molecule has 196 valence electrons. The lowest BCUT2D eigenvalue weighted by atomic mass is 10.1. The summed E-state index contributed by atoms with van der Waals surface area (Å²) in [5, 5.41) is 2.58. The molecule has 0 radical (unpaired) electrons. The maximum atomic E-state index is 13.3. The molecule has 0 saturated carbocycles. The molecule has 38 heavy (non-hydrogen) atoms. The average Bonchev–Trinajstić information content (AvgIpc) is 2.93. The molecule has 1 amide bonds. The van der Waals surface area contributed by atoms with Crippen LogP contribution in [0.15, 0.2) is 83.5 Å². The van der Waals surface area contributed by atoms with E-state index in [-0.39, 0.29) is 33.3 Å². The highest BCUT2D eigenvalue weighted by Gasteiger charge is 2.39. The van der Waals surface area contributed by atoms with Crippen molar-refractivity contribution in [3.8, 4) is 0 Å². The molecule has 2 aliphatic rings. The van der Waals surface area contributed by atoms with Crippen molar-refractivity contribution < 1.29 is 27.5 Å². The van der Waals surface area contributed by atoms with Crippen LogP contribution in [0.25, 0.3) is 5.76 Å². The SMILES string of the molecule is CN1C(C(=O)Nc2ccccn2)=C(OC(=O)c2ccc(CN3CCOCC3)cc2)c2ccccc2S1(=O)=O. The zero-order chi connectivity index (χ0) is 26.7. The third-order valence-corrected chi connectivity index (χ3v) is 8.13. The number of hydrogen-bond acceptors (Lipinski definition) is 8. The molecule has 1 fully saturated rings. The number of carbonyl (C=O) groups is 2. The van der Waals surface area contributed by atoms with Gasteiger partial charge in [-0.05, 0) is 42.0 Å². The van der Waals surface area contributed by atoms with E-state index in [1.165, 1.54) is 25.4 Å². The minimum Gasteiger partial charge on any atom is -0.420 e. The molecular formula is C27H26N4O6S. The number of carbonyl (C=O) groups excluding carboxylic acids is 2. The summed E-state index contributed by atoms with van der Waals surface area (Å²) in [6.07, 6.45) is 1.49. The first-order valence-corrected chi connectivity index (χ1v) is 13.4. The number of hydrogen-bond donors (Lipinski definition) is 1. The van der Waals surface area contributed by atoms with Gasteiger partial charge in [0, 0.05) is 38.4 Å². The number of ether oxygens (including phenoxy) is 2. The summed E-state index contributed by atoms with van der Waals surface area (Å²) < 4.78 is 38.4. The molecular weight excluding hydrogens is 508 g/mol. The van der Waals surface area contributed by atoms with E-state index < -0.39 is 21.9 Å². The molecule has 3 aromatic rings. The van der Waals surface area contributed by atoms with E-state index in [9.17, 15) is 18.0 Å². The fourth-order valence-corrected chi connectivity index (χ4v) is 5.68. The lowest BCUT2D eigenvalue weighted by Crippen LogP contribution is -2.38. The van der Waals surface area contributed by atoms with Crippen molar-refractivity contribution in [2.24, 2.45) is 0 Å². The van der Waals surface area contributed by atoms with Gasteiger partial charge in [-0.15, -0.1) is 0 Å². The summed E-state index contributed by atoms with van der Waals surface area (Å²) in [5.74, 6) is -1.44. The van der Waals surface area contributed by atoms with E-state index in [0.717, 1.165) is 29.5 Å². The van der Waals surface area contributed by atoms with Crippen molar-refractivity contribution in [3.05, 3.63) is 95.3 Å². The number of sulfonamides is 1. The van der Waals surface area contributed by atoms with Gasteiger partial charge in [-0.3, -0.25) is 14.0 Å². The van der Waals surface area contributed by atoms with Crippen molar-refractivity contribution in [3.63, 3.8) is 0 Å². The van der Waals surface area contributed by atoms with Gasteiger partial charge in [0.25, 0.3) is 15.9 Å². The Morgan fingerprint density at radius 2 is 1.71 bits per heavy atom. The molecule has 10 nitrogen and oxygen atoms in total. The largest absolute Gasteiger partial charge is 0.420 e. The second-order valence-corrected chi connectivity index (χ2v) is 10.7. The van der Waals surface area contributed by atoms with E-state index in [1.807, 2.05) is 12.1 Å². The first-order valence-electron chi connectivity index (χ1n) is 12.0. The van der Waals surface area contributed by atoms with Gasteiger partial charge in [-0.2, -0.15) is 0 Å². The summed E-state index contributed by atoms with van der Waals surface area (Å²) in [4.78, 5) is 32.8. The van der Waals surface area contributed by atoms with Gasteiger partial charge in [0.15, 0.2) is 11.5 Å². The highest BCUT2D eigenvalue weighted by molar-refractivity contribution is 7.89. The number of morpholine rings is 1. The highest BCUT2D eigenvalue weighted by Crippen LogP contribution is 2.37. The Hall–Kier alpha value is -4.06. The van der Waals surface area contributed by atoms with Gasteiger partial charge >= 0.3 is 5.97 Å². The van der Waals surface area contributed by atoms with Gasteiger partial charge in [-0.1, -0.05) is 30.3 Å². The van der Waals surface area contributed by atoms with Crippen LogP contribution in [0.2, 0.25) is 0 Å². The van der Waals surface area contributed by atoms with Crippen molar-refractivity contribution in [2.75, 3.05) is 38.7 Å². The zero-order valence-corrected chi connectivity index (χ0v) is 21.5. The molecule has 0 bridgehead atoms. The summed E-state index contributed by atoms with van der Waals surface area (Å²) >= 11 is 0. The van der Waals surface area contributed by atoms with Crippen LogP contribution >= 0.6 is 0 Å². The molecule has 2 aliphatic heterocycles. The second kappa shape index (κ2) is 10.7. The number of pyridine rings is 1. The number of likely N-dealkylation sites (N-methyl/N-ethyl adjacent to an activating group) is 1. The number of rotatable bonds is 6. The maximum Gasteiger partial charge on any atom is 0.343 e. The maximum absolute atomic E-state index is 13.3. The minimum atomic E-state index is -4.07. The van der Waals surface area contributed by atoms with Crippen LogP contribution in [-0.4, -0.2) is 67.8 Å². The monoisotopic (exact) mass is 534 g/mol. The Bertz CT molecular complexity index is 1480. The average molecular weight is 535 g/mol. The fraction of sp³-hybridized carbons (Fsp3) is 0.222. The number of amides is 1. The first-order chi connectivity index (χ1) is 18.3. The van der Waals surface area contributed by atoms with Crippen LogP contribution in [0.5, 0.6) is 0 Å². The summed E-state index contributed by atoms with van der Waals surface area (Å²) in [5.41, 5.74) is 1.09. The van der Waals surface area contributed by atoms with Gasteiger partial charge in [0.05, 0.1) is 23.7 Å². The third kappa shape index (κ3) is 5.17. The third-order valence-electron chi connectivity index (χ3n) is 6.32. The molecule has 0 unspecified atom stereocenters. The molecule has 3 heterocycles. The Morgan fingerprint density at radius 1 is 1.00 bits per heavy atom. The molecule has 0 aliphatic carbocycles. The van der Waals surface area contributed by atoms with Gasteiger partial charge in [0.2, 0.25) is 0 Å². The Kier molecular flexibility index (Phi) is 7.23. The van der Waals surface area contributed by atoms with Crippen LogP contribution in [0.4, 0.5) is 5.82 Å². The molecule has 1 saturated heterocycles. The molecule has 1 N–H and O–H groups in total. The van der Waals surface area contributed by atoms with E-state index in [4.69, 9.17) is 9.47 Å². The van der Waals surface area contributed by atoms with Crippen LogP contribution < -0.4 is 5.32 Å². The first kappa shape index (κ1) is 25.6. The van der Waals surface area contributed by atoms with Crippen LogP contribution in [-0.2, 0) is 30.8 Å². The molecule has 11 heteroatoms. The lowest BCUT2D eigenvalue weighted by molar-refractivity contribution is -0.113. The molecule has 5 rings (SSSR count). The van der Waals surface area contributed by atoms with Crippen LogP contribution in [0, 0.1) is 0 Å². The number of nitrogens with one attached hydrogen (secondary N) is 1. The van der Waals surface area contributed by atoms with E-state index in [1.54, 1.807) is 42.5 Å². The molecule has 1 aromatic heterocycles. The Labute approximate surface area is 220 Å². The summed E-state index contributed by atoms with van der Waals surface area (Å²) in [6.45, 7) is 3.81. The predicted molar refractivity (Wildman–Crippen MR) is 139 cm³/mol. The Morgan fingerprint density at radius 3 is 2.42 bits per heavy atom. The number of fused-ring (bicyclic) bond motifs is 1. The van der Waals surface area contributed by atoms with E-state index >= 15 is 0 Å².